The molecule has 0 bridgehead atoms. The molecular formula is C24H23NO6. The average molecular weight is 421 g/mol. The molecule has 0 saturated carbocycles. The lowest BCUT2D eigenvalue weighted by Crippen LogP contribution is -2.30. The van der Waals surface area contributed by atoms with Crippen LogP contribution in [0.1, 0.15) is 5.56 Å². The lowest BCUT2D eigenvalue weighted by molar-refractivity contribution is -0.148. The number of carbonyl (C=O) groups is 2. The summed E-state index contributed by atoms with van der Waals surface area (Å²) in [7, 11) is 1.35. The zero-order valence-electron chi connectivity index (χ0n) is 17.0. The van der Waals surface area contributed by atoms with Crippen molar-refractivity contribution in [1.82, 2.24) is 0 Å². The van der Waals surface area contributed by atoms with Gasteiger partial charge in [-0.25, -0.2) is 4.79 Å². The fraction of sp³-hybridized carbons (Fsp3) is 0.167. The Labute approximate surface area is 180 Å². The number of aromatic hydroxyl groups is 1. The number of phenols is 1. The maximum Gasteiger partial charge on any atom is 0.333 e. The number of para-hydroxylation sites is 1. The van der Waals surface area contributed by atoms with Gasteiger partial charge in [0.25, 0.3) is 5.91 Å². The Hall–Kier alpha value is -3.84. The van der Waals surface area contributed by atoms with Crippen LogP contribution < -0.4 is 9.64 Å². The number of nitrogens with zero attached hydrogens (tertiary/aromatic N) is 1. The monoisotopic (exact) mass is 421 g/mol. The highest BCUT2D eigenvalue weighted by atomic mass is 16.5. The fourth-order valence-electron chi connectivity index (χ4n) is 3.07. The lowest BCUT2D eigenvalue weighted by atomic mass is 10.1. The van der Waals surface area contributed by atoms with E-state index in [9.17, 15) is 14.7 Å². The van der Waals surface area contributed by atoms with Crippen LogP contribution in [0.2, 0.25) is 0 Å². The Kier molecular flexibility index (Phi) is 7.24. The third-order valence-corrected chi connectivity index (χ3v) is 4.61. The molecule has 31 heavy (non-hydrogen) atoms. The molecular weight excluding hydrogens is 398 g/mol. The Morgan fingerprint density at radius 1 is 0.935 bits per heavy atom. The number of benzene rings is 3. The molecule has 0 aliphatic carbocycles. The molecule has 1 amide bonds. The third-order valence-electron chi connectivity index (χ3n) is 4.61. The predicted octanol–water partition coefficient (Wildman–Crippen LogP) is 3.78. The van der Waals surface area contributed by atoms with Crippen LogP contribution in [0.25, 0.3) is 0 Å². The average Bonchev–Trinajstić information content (AvgIpc) is 2.78. The molecule has 0 aliphatic rings. The second-order valence-corrected chi connectivity index (χ2v) is 6.78. The molecule has 3 aromatic rings. The van der Waals surface area contributed by atoms with E-state index in [0.29, 0.717) is 17.1 Å². The first-order valence-corrected chi connectivity index (χ1v) is 9.62. The van der Waals surface area contributed by atoms with Crippen LogP contribution in [0.3, 0.4) is 0 Å². The summed E-state index contributed by atoms with van der Waals surface area (Å²) in [6.45, 7) is -0.230. The van der Waals surface area contributed by atoms with Crippen molar-refractivity contribution in [3.8, 4) is 11.5 Å². The largest absolute Gasteiger partial charge is 0.508 e. The Balaban J connectivity index is 1.75. The highest BCUT2D eigenvalue weighted by molar-refractivity contribution is 6.01. The zero-order valence-corrected chi connectivity index (χ0v) is 17.0. The number of amides is 1. The lowest BCUT2D eigenvalue weighted by Gasteiger charge is -2.23. The Morgan fingerprint density at radius 3 is 2.26 bits per heavy atom. The predicted molar refractivity (Wildman–Crippen MR) is 116 cm³/mol. The molecule has 0 aliphatic heterocycles. The van der Waals surface area contributed by atoms with Gasteiger partial charge in [0.2, 0.25) is 0 Å². The molecule has 3 aromatic carbocycles. The molecule has 2 N–H and O–H groups in total. The summed E-state index contributed by atoms with van der Waals surface area (Å²) in [5.74, 6) is -0.795. The van der Waals surface area contributed by atoms with E-state index in [1.54, 1.807) is 36.4 Å². The summed E-state index contributed by atoms with van der Waals surface area (Å²) in [5, 5.41) is 18.7. The minimum absolute atomic E-state index is 0.105. The van der Waals surface area contributed by atoms with Crippen molar-refractivity contribution in [2.24, 2.45) is 0 Å². The molecule has 7 heteroatoms. The quantitative estimate of drug-likeness (QED) is 0.546. The molecule has 3 rings (SSSR count). The number of phenolic OH excluding ortho intramolecular Hbond substituents is 1. The maximum absolute atomic E-state index is 13.0. The minimum atomic E-state index is -1.05. The van der Waals surface area contributed by atoms with Crippen molar-refractivity contribution in [3.63, 3.8) is 0 Å². The molecule has 1 atom stereocenters. The van der Waals surface area contributed by atoms with E-state index in [0.717, 1.165) is 5.56 Å². The molecule has 1 unspecified atom stereocenters. The van der Waals surface area contributed by atoms with Gasteiger partial charge in [-0.1, -0.05) is 30.3 Å². The van der Waals surface area contributed by atoms with Crippen LogP contribution in [0.5, 0.6) is 11.5 Å². The highest BCUT2D eigenvalue weighted by Gasteiger charge is 2.20. The first kappa shape index (κ1) is 21.9. The minimum Gasteiger partial charge on any atom is -0.508 e. The molecule has 0 spiro atoms. The van der Waals surface area contributed by atoms with Crippen LogP contribution in [0.15, 0.2) is 78.9 Å². The molecule has 0 fully saturated rings. The molecule has 7 nitrogen and oxygen atoms in total. The number of methoxy groups -OCH3 is 1. The van der Waals surface area contributed by atoms with E-state index in [-0.39, 0.29) is 24.7 Å². The van der Waals surface area contributed by atoms with Crippen molar-refractivity contribution < 1.29 is 29.3 Å². The van der Waals surface area contributed by atoms with E-state index in [2.05, 4.69) is 0 Å². The smallest absolute Gasteiger partial charge is 0.333 e. The topological polar surface area (TPSA) is 96.3 Å². The summed E-state index contributed by atoms with van der Waals surface area (Å²) < 4.78 is 10.7. The molecule has 0 saturated heterocycles. The standard InChI is InChI=1S/C24H23NO6/c1-30-22(24(28)29)15-17-6-5-9-21(14-17)31-16-23(27)25(18-7-3-2-4-8-18)19-10-12-20(26)13-11-19/h2-14,22,26H,15-16H2,1H3,(H,28,29). The van der Waals surface area contributed by atoms with Gasteiger partial charge in [-0.05, 0) is 54.1 Å². The van der Waals surface area contributed by atoms with Gasteiger partial charge < -0.3 is 19.7 Å². The number of carboxylic acids is 1. The Bertz CT molecular complexity index is 1020. The summed E-state index contributed by atoms with van der Waals surface area (Å²) in [6, 6.07) is 22.4. The van der Waals surface area contributed by atoms with Crippen molar-refractivity contribution >= 4 is 23.3 Å². The molecule has 160 valence electrons. The maximum atomic E-state index is 13.0. The second kappa shape index (κ2) is 10.3. The number of rotatable bonds is 9. The number of hydrogen-bond acceptors (Lipinski definition) is 5. The van der Waals surface area contributed by atoms with Gasteiger partial charge in [0.05, 0.1) is 0 Å². The third kappa shape index (κ3) is 5.83. The number of aliphatic carboxylic acids is 1. The summed E-state index contributed by atoms with van der Waals surface area (Å²) in [5.41, 5.74) is 1.98. The Morgan fingerprint density at radius 2 is 1.61 bits per heavy atom. The van der Waals surface area contributed by atoms with Crippen LogP contribution in [-0.4, -0.2) is 41.9 Å². The van der Waals surface area contributed by atoms with E-state index in [4.69, 9.17) is 14.6 Å². The van der Waals surface area contributed by atoms with Crippen molar-refractivity contribution in [2.45, 2.75) is 12.5 Å². The molecule has 0 radical (unpaired) electrons. The summed E-state index contributed by atoms with van der Waals surface area (Å²) in [6.07, 6.45) is -0.777. The van der Waals surface area contributed by atoms with Crippen molar-refractivity contribution in [1.29, 1.82) is 0 Å². The van der Waals surface area contributed by atoms with Crippen LogP contribution in [-0.2, 0) is 20.7 Å². The zero-order chi connectivity index (χ0) is 22.2. The van der Waals surface area contributed by atoms with Crippen LogP contribution in [0.4, 0.5) is 11.4 Å². The second-order valence-electron chi connectivity index (χ2n) is 6.78. The number of hydrogen-bond donors (Lipinski definition) is 2. The van der Waals surface area contributed by atoms with Gasteiger partial charge in [0.15, 0.2) is 12.7 Å². The van der Waals surface area contributed by atoms with Gasteiger partial charge in [0, 0.05) is 24.9 Å². The SMILES string of the molecule is COC(Cc1cccc(OCC(=O)N(c2ccccc2)c2ccc(O)cc2)c1)C(=O)O. The first-order valence-electron chi connectivity index (χ1n) is 9.62. The van der Waals surface area contributed by atoms with Gasteiger partial charge in [-0.3, -0.25) is 9.69 Å². The number of carboxylic acid groups (broad SMARTS) is 1. The number of ether oxygens (including phenoxy) is 2. The van der Waals surface area contributed by atoms with E-state index < -0.39 is 12.1 Å². The van der Waals surface area contributed by atoms with E-state index >= 15 is 0 Å². The summed E-state index contributed by atoms with van der Waals surface area (Å²) in [4.78, 5) is 25.7. The van der Waals surface area contributed by atoms with E-state index in [1.807, 2.05) is 30.3 Å². The van der Waals surface area contributed by atoms with Gasteiger partial charge >= 0.3 is 5.97 Å². The van der Waals surface area contributed by atoms with Crippen LogP contribution >= 0.6 is 0 Å². The summed E-state index contributed by atoms with van der Waals surface area (Å²) >= 11 is 0. The normalized spacial score (nSPS) is 11.5. The van der Waals surface area contributed by atoms with Gasteiger partial charge in [-0.2, -0.15) is 0 Å². The number of anilines is 2. The van der Waals surface area contributed by atoms with Crippen molar-refractivity contribution in [2.75, 3.05) is 18.6 Å². The van der Waals surface area contributed by atoms with Gasteiger partial charge in [-0.15, -0.1) is 0 Å². The fourth-order valence-corrected chi connectivity index (χ4v) is 3.07. The van der Waals surface area contributed by atoms with Crippen molar-refractivity contribution in [3.05, 3.63) is 84.4 Å². The van der Waals surface area contributed by atoms with E-state index in [1.165, 1.54) is 24.1 Å². The van der Waals surface area contributed by atoms with Gasteiger partial charge in [0.1, 0.15) is 11.5 Å². The molecule has 0 heterocycles. The first-order chi connectivity index (χ1) is 15.0. The molecule has 0 aromatic heterocycles. The van der Waals surface area contributed by atoms with Crippen LogP contribution in [0, 0.1) is 0 Å². The number of carbonyl (C=O) groups excluding carboxylic acids is 1. The highest BCUT2D eigenvalue weighted by Crippen LogP contribution is 2.27.